The van der Waals surface area contributed by atoms with Crippen molar-refractivity contribution in [3.63, 3.8) is 0 Å². The summed E-state index contributed by atoms with van der Waals surface area (Å²) in [5.41, 5.74) is 0. The highest BCUT2D eigenvalue weighted by Gasteiger charge is 2.24. The third kappa shape index (κ3) is 44.4. The quantitative estimate of drug-likeness (QED) is 0.0323. The number of hydrogen-bond donors (Lipinski definition) is 3. The second-order valence-electron chi connectivity index (χ2n) is 16.4. The van der Waals surface area contributed by atoms with E-state index >= 15 is 0 Å². The number of hydrogen-bond acceptors (Lipinski definition) is 5. The zero-order valence-corrected chi connectivity index (χ0v) is 40.1. The van der Waals surface area contributed by atoms with Crippen LogP contribution in [0.1, 0.15) is 188 Å². The molecule has 3 N–H and O–H groups in total. The molecule has 0 rings (SSSR count). The molecule has 0 fully saturated rings. The van der Waals surface area contributed by atoms with Gasteiger partial charge in [0.15, 0.2) is 0 Å². The Morgan fingerprint density at radius 1 is 0.476 bits per heavy atom. The molecule has 0 aromatic carbocycles. The van der Waals surface area contributed by atoms with Crippen LogP contribution in [0.5, 0.6) is 0 Å². The Morgan fingerprint density at radius 2 is 0.889 bits per heavy atom. The molecule has 0 saturated carbocycles. The molecule has 0 spiro atoms. The maximum absolute atomic E-state index is 13.2. The predicted octanol–water partition coefficient (Wildman–Crippen LogP) is 15.1. The van der Waals surface area contributed by atoms with Crippen LogP contribution >= 0.6 is 0 Å². The van der Waals surface area contributed by atoms with Crippen LogP contribution in [0.25, 0.3) is 0 Å². The molecule has 3 unspecified atom stereocenters. The van der Waals surface area contributed by atoms with Gasteiger partial charge in [-0.15, -0.1) is 0 Å². The Morgan fingerprint density at radius 3 is 1.37 bits per heavy atom. The minimum absolute atomic E-state index is 0.0211. The van der Waals surface area contributed by atoms with Gasteiger partial charge in [-0.25, -0.2) is 0 Å². The zero-order valence-electron chi connectivity index (χ0n) is 40.1. The summed E-state index contributed by atoms with van der Waals surface area (Å²) in [6.07, 6.45) is 69.2. The number of carbonyl (C=O) groups excluding carboxylic acids is 2. The highest BCUT2D eigenvalue weighted by Crippen LogP contribution is 2.16. The monoisotopic (exact) mass is 870 g/mol. The predicted molar refractivity (Wildman–Crippen MR) is 273 cm³/mol. The van der Waals surface area contributed by atoms with E-state index in [2.05, 4.69) is 62.5 Å². The molecule has 0 aromatic heterocycles. The SMILES string of the molecule is CC\C=C/C=C/C=C/C=C\C=C\C=C\CCCCCC(=O)OC(CCCCC/C=C/C=C/C=C/C=C/C=C/CCC)CC(=O)NC(CO)C(O)CCCCCCCCCCCCC. The van der Waals surface area contributed by atoms with Crippen LogP contribution in [0, 0.1) is 0 Å². The van der Waals surface area contributed by atoms with Gasteiger partial charge in [0.25, 0.3) is 0 Å². The van der Waals surface area contributed by atoms with Crippen molar-refractivity contribution in [3.8, 4) is 0 Å². The van der Waals surface area contributed by atoms with Crippen molar-refractivity contribution >= 4 is 11.9 Å². The van der Waals surface area contributed by atoms with E-state index in [9.17, 15) is 19.8 Å². The molecule has 6 heteroatoms. The summed E-state index contributed by atoms with van der Waals surface area (Å²) in [4.78, 5) is 26.1. The van der Waals surface area contributed by atoms with Gasteiger partial charge in [0.2, 0.25) is 5.91 Å². The van der Waals surface area contributed by atoms with Crippen LogP contribution in [-0.4, -0.2) is 46.9 Å². The second kappa shape index (κ2) is 49.0. The highest BCUT2D eigenvalue weighted by atomic mass is 16.5. The lowest BCUT2D eigenvalue weighted by molar-refractivity contribution is -0.151. The fourth-order valence-corrected chi connectivity index (χ4v) is 6.73. The van der Waals surface area contributed by atoms with Gasteiger partial charge in [-0.1, -0.05) is 244 Å². The van der Waals surface area contributed by atoms with Gasteiger partial charge < -0.3 is 20.3 Å². The lowest BCUT2D eigenvalue weighted by Crippen LogP contribution is -2.46. The molecule has 0 saturated heterocycles. The first kappa shape index (κ1) is 59.0. The third-order valence-corrected chi connectivity index (χ3v) is 10.5. The molecule has 6 nitrogen and oxygen atoms in total. The molecular weight excluding hydrogens is 779 g/mol. The standard InChI is InChI=1S/C57H91NO5/c1-4-7-10-13-16-19-22-24-26-28-30-32-35-38-41-44-47-50-57(62)63-53(48-45-42-39-36-34-31-29-27-25-23-20-17-14-11-8-5-2)51-56(61)58-54(52-59)55(60)49-46-43-40-37-33-21-18-15-12-9-6-3/h7,10-11,13-14,16-17,19-20,22-32,34-35,53-55,59-60H,4-6,8-9,12,15,18,21,33,36-52H2,1-3H3,(H,58,61)/b10-7-,14-11+,16-13+,20-17+,22-19+,25-23+,26-24-,29-27+,30-28+,34-31+,35-32+. The van der Waals surface area contributed by atoms with E-state index in [0.29, 0.717) is 19.3 Å². The molecule has 0 aliphatic carbocycles. The number of aliphatic hydroxyl groups excluding tert-OH is 2. The van der Waals surface area contributed by atoms with Crippen LogP contribution in [0.3, 0.4) is 0 Å². The lowest BCUT2D eigenvalue weighted by atomic mass is 10.0. The molecule has 0 aliphatic rings. The molecule has 3 atom stereocenters. The Balaban J connectivity index is 4.84. The number of ether oxygens (including phenoxy) is 1. The highest BCUT2D eigenvalue weighted by molar-refractivity contribution is 5.77. The van der Waals surface area contributed by atoms with Crippen molar-refractivity contribution < 1.29 is 24.5 Å². The van der Waals surface area contributed by atoms with Gasteiger partial charge in [-0.3, -0.25) is 9.59 Å². The second-order valence-corrected chi connectivity index (χ2v) is 16.4. The van der Waals surface area contributed by atoms with Crippen molar-refractivity contribution in [1.29, 1.82) is 0 Å². The molecule has 0 heterocycles. The fourth-order valence-electron chi connectivity index (χ4n) is 6.73. The Labute approximate surface area is 386 Å². The number of nitrogens with one attached hydrogen (secondary N) is 1. The topological polar surface area (TPSA) is 95.9 Å². The first-order valence-corrected chi connectivity index (χ1v) is 25.1. The van der Waals surface area contributed by atoms with Crippen LogP contribution in [0.4, 0.5) is 0 Å². The average molecular weight is 870 g/mol. The fraction of sp³-hybridized carbons (Fsp3) is 0.579. The first-order chi connectivity index (χ1) is 31.0. The number of rotatable bonds is 42. The van der Waals surface area contributed by atoms with Crippen molar-refractivity contribution in [2.75, 3.05) is 6.61 Å². The van der Waals surface area contributed by atoms with Crippen molar-refractivity contribution in [2.45, 2.75) is 206 Å². The van der Waals surface area contributed by atoms with Gasteiger partial charge in [0, 0.05) is 6.42 Å². The van der Waals surface area contributed by atoms with Crippen LogP contribution < -0.4 is 5.32 Å². The van der Waals surface area contributed by atoms with Crippen molar-refractivity contribution in [3.05, 3.63) is 134 Å². The van der Waals surface area contributed by atoms with E-state index in [0.717, 1.165) is 89.9 Å². The number of unbranched alkanes of at least 4 members (excludes halogenated alkanes) is 17. The molecule has 63 heavy (non-hydrogen) atoms. The number of aliphatic hydroxyl groups is 2. The average Bonchev–Trinajstić information content (AvgIpc) is 3.28. The van der Waals surface area contributed by atoms with E-state index in [4.69, 9.17) is 4.74 Å². The smallest absolute Gasteiger partial charge is 0.306 e. The largest absolute Gasteiger partial charge is 0.462 e. The van der Waals surface area contributed by atoms with E-state index in [1.165, 1.54) is 51.4 Å². The number of amides is 1. The molecule has 0 radical (unpaired) electrons. The Bertz CT molecular complexity index is 1390. The normalized spacial score (nSPS) is 14.4. The van der Waals surface area contributed by atoms with Gasteiger partial charge in [-0.05, 0) is 64.2 Å². The van der Waals surface area contributed by atoms with Gasteiger partial charge in [-0.2, -0.15) is 0 Å². The molecule has 354 valence electrons. The molecule has 0 bridgehead atoms. The van der Waals surface area contributed by atoms with Crippen LogP contribution in [0.15, 0.2) is 134 Å². The summed E-state index contributed by atoms with van der Waals surface area (Å²) >= 11 is 0. The summed E-state index contributed by atoms with van der Waals surface area (Å²) < 4.78 is 5.89. The summed E-state index contributed by atoms with van der Waals surface area (Å²) in [5.74, 6) is -0.583. The summed E-state index contributed by atoms with van der Waals surface area (Å²) in [6.45, 7) is 6.20. The van der Waals surface area contributed by atoms with Gasteiger partial charge in [0.1, 0.15) is 6.10 Å². The minimum Gasteiger partial charge on any atom is -0.462 e. The van der Waals surface area contributed by atoms with E-state index in [-0.39, 0.29) is 24.9 Å². The van der Waals surface area contributed by atoms with Gasteiger partial charge in [0.05, 0.1) is 25.2 Å². The van der Waals surface area contributed by atoms with Crippen molar-refractivity contribution in [2.24, 2.45) is 0 Å². The van der Waals surface area contributed by atoms with E-state index in [1.54, 1.807) is 0 Å². The summed E-state index contributed by atoms with van der Waals surface area (Å²) in [6, 6.07) is -0.735. The van der Waals surface area contributed by atoms with Crippen LogP contribution in [-0.2, 0) is 14.3 Å². The summed E-state index contributed by atoms with van der Waals surface area (Å²) in [5, 5.41) is 23.7. The zero-order chi connectivity index (χ0) is 45.9. The molecule has 0 aliphatic heterocycles. The molecular formula is C57H91NO5. The first-order valence-electron chi connectivity index (χ1n) is 25.1. The van der Waals surface area contributed by atoms with Crippen LogP contribution in [0.2, 0.25) is 0 Å². The number of esters is 1. The van der Waals surface area contributed by atoms with Crippen molar-refractivity contribution in [1.82, 2.24) is 5.32 Å². The Hall–Kier alpha value is -4.00. The Kier molecular flexibility index (Phi) is 45.9. The van der Waals surface area contributed by atoms with E-state index < -0.39 is 18.2 Å². The van der Waals surface area contributed by atoms with E-state index in [1.807, 2.05) is 97.2 Å². The molecule has 0 aromatic rings. The third-order valence-electron chi connectivity index (χ3n) is 10.5. The number of carbonyl (C=O) groups is 2. The maximum Gasteiger partial charge on any atom is 0.306 e. The summed E-state index contributed by atoms with van der Waals surface area (Å²) in [7, 11) is 0. The lowest BCUT2D eigenvalue weighted by Gasteiger charge is -2.24. The van der Waals surface area contributed by atoms with Gasteiger partial charge >= 0.3 is 5.97 Å². The minimum atomic E-state index is -0.817. The molecule has 1 amide bonds. The number of allylic oxidation sites excluding steroid dienone is 22. The maximum atomic E-state index is 13.2.